The van der Waals surface area contributed by atoms with E-state index in [-0.39, 0.29) is 18.4 Å². The van der Waals surface area contributed by atoms with Crippen molar-refractivity contribution in [1.29, 1.82) is 0 Å². The molecule has 4 aromatic rings. The second-order valence-corrected chi connectivity index (χ2v) is 8.08. The van der Waals surface area contributed by atoms with E-state index >= 15 is 0 Å². The maximum Gasteiger partial charge on any atom is 0.229 e. The predicted octanol–water partition coefficient (Wildman–Crippen LogP) is 3.90. The standard InChI is InChI=1S/C22H20N6OS/c29-19(12-17-14-30-22(24-17)16-8-4-10-23-13-16)28-11-5-9-18(28)21-25-20(26-27-21)15-6-2-1-3-7-15/h1-4,6-8,10,13-14,18H,5,9,11-12H2,(H,25,26,27). The number of rotatable bonds is 5. The molecule has 1 aliphatic rings. The van der Waals surface area contributed by atoms with Gasteiger partial charge in [-0.2, -0.15) is 5.10 Å². The Labute approximate surface area is 177 Å². The number of carbonyl (C=O) groups is 1. The van der Waals surface area contributed by atoms with E-state index in [1.54, 1.807) is 12.4 Å². The molecular weight excluding hydrogens is 396 g/mol. The lowest BCUT2D eigenvalue weighted by Gasteiger charge is -2.22. The molecule has 1 amide bonds. The van der Waals surface area contributed by atoms with Gasteiger partial charge >= 0.3 is 0 Å². The maximum atomic E-state index is 13.0. The minimum absolute atomic E-state index is 0.0678. The van der Waals surface area contributed by atoms with Crippen LogP contribution >= 0.6 is 11.3 Å². The van der Waals surface area contributed by atoms with E-state index in [0.717, 1.165) is 47.0 Å². The number of amides is 1. The minimum Gasteiger partial charge on any atom is -0.332 e. The number of hydrogen-bond donors (Lipinski definition) is 1. The van der Waals surface area contributed by atoms with Crippen molar-refractivity contribution in [2.75, 3.05) is 6.54 Å². The minimum atomic E-state index is -0.0705. The second-order valence-electron chi connectivity index (χ2n) is 7.22. The number of likely N-dealkylation sites (tertiary alicyclic amines) is 1. The normalized spacial score (nSPS) is 16.1. The number of aromatic amines is 1. The molecule has 1 aliphatic heterocycles. The summed E-state index contributed by atoms with van der Waals surface area (Å²) in [6.07, 6.45) is 5.65. The molecule has 8 heteroatoms. The topological polar surface area (TPSA) is 87.7 Å². The molecule has 0 spiro atoms. The van der Waals surface area contributed by atoms with Crippen LogP contribution in [0.4, 0.5) is 0 Å². The van der Waals surface area contributed by atoms with Gasteiger partial charge in [0.05, 0.1) is 18.2 Å². The van der Waals surface area contributed by atoms with Crippen molar-refractivity contribution in [3.63, 3.8) is 0 Å². The molecule has 1 saturated heterocycles. The van der Waals surface area contributed by atoms with Crippen LogP contribution in [0.5, 0.6) is 0 Å². The smallest absolute Gasteiger partial charge is 0.229 e. The van der Waals surface area contributed by atoms with Gasteiger partial charge in [-0.25, -0.2) is 9.97 Å². The van der Waals surface area contributed by atoms with Crippen LogP contribution in [0.3, 0.4) is 0 Å². The first kappa shape index (κ1) is 18.6. The molecule has 3 aromatic heterocycles. The molecule has 1 unspecified atom stereocenters. The lowest BCUT2D eigenvalue weighted by atomic mass is 10.2. The van der Waals surface area contributed by atoms with Crippen LogP contribution in [0, 0.1) is 0 Å². The summed E-state index contributed by atoms with van der Waals surface area (Å²) in [5.74, 6) is 1.47. The van der Waals surface area contributed by atoms with Crippen LogP contribution < -0.4 is 0 Å². The van der Waals surface area contributed by atoms with Crippen molar-refractivity contribution < 1.29 is 4.79 Å². The summed E-state index contributed by atoms with van der Waals surface area (Å²) in [6.45, 7) is 0.727. The molecule has 1 atom stereocenters. The van der Waals surface area contributed by atoms with E-state index in [4.69, 9.17) is 0 Å². The molecule has 7 nitrogen and oxygen atoms in total. The number of H-pyrrole nitrogens is 1. The molecule has 5 rings (SSSR count). The highest BCUT2D eigenvalue weighted by Crippen LogP contribution is 2.32. The van der Waals surface area contributed by atoms with Gasteiger partial charge in [0.2, 0.25) is 5.91 Å². The Kier molecular flexibility index (Phi) is 5.06. The van der Waals surface area contributed by atoms with Crippen LogP contribution in [0.2, 0.25) is 0 Å². The van der Waals surface area contributed by atoms with E-state index in [2.05, 4.69) is 25.1 Å². The van der Waals surface area contributed by atoms with Crippen molar-refractivity contribution in [3.8, 4) is 22.0 Å². The Balaban J connectivity index is 1.30. The van der Waals surface area contributed by atoms with Crippen LogP contribution in [0.25, 0.3) is 22.0 Å². The average Bonchev–Trinajstić information content (AvgIpc) is 3.55. The maximum absolute atomic E-state index is 13.0. The highest BCUT2D eigenvalue weighted by atomic mass is 32.1. The summed E-state index contributed by atoms with van der Waals surface area (Å²) in [4.78, 5) is 28.4. The van der Waals surface area contributed by atoms with Crippen LogP contribution in [0.1, 0.15) is 30.4 Å². The summed E-state index contributed by atoms with van der Waals surface area (Å²) in [7, 11) is 0. The van der Waals surface area contributed by atoms with Gasteiger partial charge in [0.1, 0.15) is 10.8 Å². The third-order valence-corrected chi connectivity index (χ3v) is 6.16. The number of benzene rings is 1. The molecule has 0 radical (unpaired) electrons. The van der Waals surface area contributed by atoms with Crippen molar-refractivity contribution in [1.82, 2.24) is 30.0 Å². The summed E-state index contributed by atoms with van der Waals surface area (Å²) in [5.41, 5.74) is 2.72. The quantitative estimate of drug-likeness (QED) is 0.533. The molecule has 30 heavy (non-hydrogen) atoms. The van der Waals surface area contributed by atoms with Crippen LogP contribution in [-0.4, -0.2) is 42.5 Å². The first-order chi connectivity index (χ1) is 14.8. The van der Waals surface area contributed by atoms with E-state index < -0.39 is 0 Å². The van der Waals surface area contributed by atoms with E-state index in [0.29, 0.717) is 5.82 Å². The summed E-state index contributed by atoms with van der Waals surface area (Å²) in [6, 6.07) is 13.6. The number of thiazole rings is 1. The lowest BCUT2D eigenvalue weighted by Crippen LogP contribution is -2.32. The fourth-order valence-corrected chi connectivity index (χ4v) is 4.57. The monoisotopic (exact) mass is 416 g/mol. The zero-order valence-corrected chi connectivity index (χ0v) is 17.0. The van der Waals surface area contributed by atoms with Gasteiger partial charge in [-0.05, 0) is 25.0 Å². The van der Waals surface area contributed by atoms with Gasteiger partial charge in [-0.1, -0.05) is 30.3 Å². The summed E-state index contributed by atoms with van der Waals surface area (Å²) in [5, 5.41) is 10.2. The number of aromatic nitrogens is 5. The highest BCUT2D eigenvalue weighted by molar-refractivity contribution is 7.13. The Morgan fingerprint density at radius 1 is 1.13 bits per heavy atom. The Morgan fingerprint density at radius 3 is 2.83 bits per heavy atom. The van der Waals surface area contributed by atoms with Gasteiger partial charge in [0, 0.05) is 35.4 Å². The van der Waals surface area contributed by atoms with Gasteiger partial charge in [0.15, 0.2) is 5.82 Å². The molecule has 4 heterocycles. The molecule has 1 fully saturated rings. The van der Waals surface area contributed by atoms with Crippen molar-refractivity contribution >= 4 is 17.2 Å². The van der Waals surface area contributed by atoms with Crippen LogP contribution in [-0.2, 0) is 11.2 Å². The SMILES string of the molecule is O=C(Cc1csc(-c2cccnc2)n1)N1CCCC1c1nc(-c2ccccc2)n[nH]1. The molecule has 1 N–H and O–H groups in total. The Morgan fingerprint density at radius 2 is 2.00 bits per heavy atom. The lowest BCUT2D eigenvalue weighted by molar-refractivity contribution is -0.131. The van der Waals surface area contributed by atoms with Gasteiger partial charge in [-0.3, -0.25) is 14.9 Å². The first-order valence-corrected chi connectivity index (χ1v) is 10.8. The largest absolute Gasteiger partial charge is 0.332 e. The van der Waals surface area contributed by atoms with Gasteiger partial charge < -0.3 is 4.90 Å². The van der Waals surface area contributed by atoms with Crippen molar-refractivity contribution in [2.24, 2.45) is 0 Å². The van der Waals surface area contributed by atoms with E-state index in [9.17, 15) is 4.79 Å². The predicted molar refractivity (Wildman–Crippen MR) is 115 cm³/mol. The average molecular weight is 417 g/mol. The summed E-state index contributed by atoms with van der Waals surface area (Å²) < 4.78 is 0. The van der Waals surface area contributed by atoms with Gasteiger partial charge in [-0.15, -0.1) is 11.3 Å². The molecule has 0 aliphatic carbocycles. The Bertz CT molecular complexity index is 1140. The number of nitrogens with one attached hydrogen (secondary N) is 1. The molecule has 0 saturated carbocycles. The fraction of sp³-hybridized carbons (Fsp3) is 0.227. The number of hydrogen-bond acceptors (Lipinski definition) is 6. The zero-order valence-electron chi connectivity index (χ0n) is 16.2. The van der Waals surface area contributed by atoms with Crippen LogP contribution in [0.15, 0.2) is 60.2 Å². The number of carbonyl (C=O) groups excluding carboxylic acids is 1. The molecule has 150 valence electrons. The van der Waals surface area contributed by atoms with Crippen molar-refractivity contribution in [3.05, 3.63) is 71.8 Å². The van der Waals surface area contributed by atoms with Crippen molar-refractivity contribution in [2.45, 2.75) is 25.3 Å². The molecular formula is C22H20N6OS. The number of pyridine rings is 1. The third kappa shape index (κ3) is 3.73. The zero-order chi connectivity index (χ0) is 20.3. The summed E-state index contributed by atoms with van der Waals surface area (Å²) >= 11 is 1.53. The van der Waals surface area contributed by atoms with E-state index in [1.807, 2.05) is 52.7 Å². The first-order valence-electron chi connectivity index (χ1n) is 9.90. The second kappa shape index (κ2) is 8.16. The van der Waals surface area contributed by atoms with E-state index in [1.165, 1.54) is 11.3 Å². The van der Waals surface area contributed by atoms with Gasteiger partial charge in [0.25, 0.3) is 0 Å². The molecule has 0 bridgehead atoms. The Hall–Kier alpha value is -3.39. The number of nitrogens with zero attached hydrogens (tertiary/aromatic N) is 5. The third-order valence-electron chi connectivity index (χ3n) is 5.22. The fourth-order valence-electron chi connectivity index (χ4n) is 3.76. The highest BCUT2D eigenvalue weighted by Gasteiger charge is 2.32. The molecule has 1 aromatic carbocycles.